The lowest BCUT2D eigenvalue weighted by Gasteiger charge is -2.44. The van der Waals surface area contributed by atoms with Gasteiger partial charge in [0.1, 0.15) is 5.75 Å². The third kappa shape index (κ3) is 3.74. The van der Waals surface area contributed by atoms with Gasteiger partial charge in [-0.15, -0.1) is 0 Å². The molecule has 0 amide bonds. The van der Waals surface area contributed by atoms with E-state index < -0.39 is 0 Å². The number of benzene rings is 1. The Morgan fingerprint density at radius 1 is 1.30 bits per heavy atom. The number of ether oxygens (including phenoxy) is 1. The fraction of sp³-hybridized carbons (Fsp3) is 0.591. The van der Waals surface area contributed by atoms with Crippen molar-refractivity contribution in [2.24, 2.45) is 17.1 Å². The summed E-state index contributed by atoms with van der Waals surface area (Å²) in [6, 6.07) is 5.81. The molecule has 2 fully saturated rings. The molecule has 2 saturated carbocycles. The molecule has 0 spiro atoms. The van der Waals surface area contributed by atoms with Crippen LogP contribution >= 0.6 is 11.6 Å². The summed E-state index contributed by atoms with van der Waals surface area (Å²) < 4.78 is 6.28. The van der Waals surface area contributed by atoms with Crippen molar-refractivity contribution in [3.8, 4) is 5.75 Å². The zero-order valence-electron chi connectivity index (χ0n) is 16.0. The summed E-state index contributed by atoms with van der Waals surface area (Å²) in [5, 5.41) is 1.94. The zero-order chi connectivity index (χ0) is 19.0. The maximum atomic E-state index is 11.9. The fourth-order valence-electron chi connectivity index (χ4n) is 4.95. The molecule has 4 rings (SSSR count). The third-order valence-corrected chi connectivity index (χ3v) is 6.93. The van der Waals surface area contributed by atoms with Gasteiger partial charge in [-0.1, -0.05) is 24.9 Å². The Morgan fingerprint density at radius 2 is 2.04 bits per heavy atom. The van der Waals surface area contributed by atoms with Gasteiger partial charge in [-0.25, -0.2) is 0 Å². The minimum absolute atomic E-state index is 0.128. The maximum Gasteiger partial charge on any atom is 0.255 e. The van der Waals surface area contributed by atoms with Gasteiger partial charge < -0.3 is 15.5 Å². The van der Waals surface area contributed by atoms with Crippen LogP contribution < -0.4 is 16.0 Å². The lowest BCUT2D eigenvalue weighted by Crippen LogP contribution is -2.47. The summed E-state index contributed by atoms with van der Waals surface area (Å²) in [4.78, 5) is 14.6. The van der Waals surface area contributed by atoms with Crippen LogP contribution in [0.3, 0.4) is 0 Å². The molecule has 2 aliphatic carbocycles. The number of rotatable bonds is 6. The minimum Gasteiger partial charge on any atom is -0.489 e. The highest BCUT2D eigenvalue weighted by atomic mass is 35.5. The first kappa shape index (κ1) is 18.8. The SMILES string of the molecule is CCCC1(C(N)C2CC2)CCC(Oc2cc3cc[nH]c(=O)c3cc2Cl)CC1. The maximum absolute atomic E-state index is 11.9. The number of aromatic nitrogens is 1. The molecule has 0 aliphatic heterocycles. The molecule has 1 atom stereocenters. The van der Waals surface area contributed by atoms with Crippen LogP contribution in [-0.4, -0.2) is 17.1 Å². The number of aromatic amines is 1. The summed E-state index contributed by atoms with van der Waals surface area (Å²) in [5.41, 5.74) is 6.84. The predicted octanol–water partition coefficient (Wildman–Crippen LogP) is 5.03. The van der Waals surface area contributed by atoms with Crippen LogP contribution in [0.2, 0.25) is 5.02 Å². The number of H-pyrrole nitrogens is 1. The predicted molar refractivity (Wildman–Crippen MR) is 111 cm³/mol. The van der Waals surface area contributed by atoms with Gasteiger partial charge in [-0.2, -0.15) is 0 Å². The van der Waals surface area contributed by atoms with Crippen LogP contribution in [0, 0.1) is 11.3 Å². The van der Waals surface area contributed by atoms with Crippen molar-refractivity contribution < 1.29 is 4.74 Å². The van der Waals surface area contributed by atoms with Crippen molar-refractivity contribution in [1.82, 2.24) is 4.98 Å². The highest BCUT2D eigenvalue weighted by molar-refractivity contribution is 6.32. The molecule has 1 aromatic carbocycles. The highest BCUT2D eigenvalue weighted by Gasteiger charge is 2.46. The van der Waals surface area contributed by atoms with E-state index in [2.05, 4.69) is 11.9 Å². The summed E-state index contributed by atoms with van der Waals surface area (Å²) in [6.07, 6.45) is 11.1. The van der Waals surface area contributed by atoms with Crippen molar-refractivity contribution in [2.45, 2.75) is 70.4 Å². The molecule has 0 radical (unpaired) electrons. The van der Waals surface area contributed by atoms with Gasteiger partial charge in [0, 0.05) is 17.6 Å². The molecule has 4 nitrogen and oxygen atoms in total. The van der Waals surface area contributed by atoms with Gasteiger partial charge in [0.25, 0.3) is 5.56 Å². The van der Waals surface area contributed by atoms with Crippen LogP contribution in [0.5, 0.6) is 5.75 Å². The summed E-state index contributed by atoms with van der Waals surface area (Å²) in [7, 11) is 0. The van der Waals surface area contributed by atoms with Gasteiger partial charge in [0.05, 0.1) is 11.1 Å². The van der Waals surface area contributed by atoms with Gasteiger partial charge in [0.15, 0.2) is 0 Å². The van der Waals surface area contributed by atoms with Crippen LogP contribution in [0.25, 0.3) is 10.8 Å². The lowest BCUT2D eigenvalue weighted by atomic mass is 9.65. The highest BCUT2D eigenvalue weighted by Crippen LogP contribution is 2.50. The summed E-state index contributed by atoms with van der Waals surface area (Å²) in [6.45, 7) is 2.26. The van der Waals surface area contributed by atoms with Crippen molar-refractivity contribution in [3.63, 3.8) is 0 Å². The normalized spacial score (nSPS) is 26.9. The van der Waals surface area contributed by atoms with E-state index in [4.69, 9.17) is 22.1 Å². The third-order valence-electron chi connectivity index (χ3n) is 6.63. The molecule has 2 aliphatic rings. The average molecular weight is 389 g/mol. The Bertz CT molecular complexity index is 866. The summed E-state index contributed by atoms with van der Waals surface area (Å²) >= 11 is 6.40. The van der Waals surface area contributed by atoms with E-state index in [1.165, 1.54) is 25.7 Å². The first-order valence-electron chi connectivity index (χ1n) is 10.3. The Kier molecular flexibility index (Phi) is 5.21. The number of hydrogen-bond donors (Lipinski definition) is 2. The second-order valence-electron chi connectivity index (χ2n) is 8.47. The van der Waals surface area contributed by atoms with Crippen LogP contribution in [0.15, 0.2) is 29.2 Å². The van der Waals surface area contributed by atoms with E-state index in [1.54, 1.807) is 12.3 Å². The van der Waals surface area contributed by atoms with E-state index >= 15 is 0 Å². The fourth-order valence-corrected chi connectivity index (χ4v) is 5.15. The van der Waals surface area contributed by atoms with E-state index in [0.29, 0.717) is 22.2 Å². The molecule has 3 N–H and O–H groups in total. The van der Waals surface area contributed by atoms with Gasteiger partial charge in [-0.3, -0.25) is 4.79 Å². The molecule has 1 unspecified atom stereocenters. The molecule has 27 heavy (non-hydrogen) atoms. The quantitative estimate of drug-likeness (QED) is 0.729. The van der Waals surface area contributed by atoms with Gasteiger partial charge in [0.2, 0.25) is 0 Å². The number of fused-ring (bicyclic) bond motifs is 1. The zero-order valence-corrected chi connectivity index (χ0v) is 16.7. The number of halogens is 1. The lowest BCUT2D eigenvalue weighted by molar-refractivity contribution is 0.0483. The largest absolute Gasteiger partial charge is 0.489 e. The minimum atomic E-state index is -0.128. The topological polar surface area (TPSA) is 68.1 Å². The number of pyridine rings is 1. The monoisotopic (exact) mass is 388 g/mol. The molecule has 1 aromatic heterocycles. The van der Waals surface area contributed by atoms with Gasteiger partial charge in [-0.05, 0) is 79.9 Å². The Labute approximate surface area is 165 Å². The van der Waals surface area contributed by atoms with Crippen molar-refractivity contribution in [2.75, 3.05) is 0 Å². The molecular weight excluding hydrogens is 360 g/mol. The second-order valence-corrected chi connectivity index (χ2v) is 8.88. The standard InChI is InChI=1S/C22H29ClN2O2/c1-2-8-22(20(24)14-3-4-14)9-5-16(6-10-22)27-19-12-15-7-11-25-21(26)17(15)13-18(19)23/h7,11-14,16,20H,2-6,8-10,24H2,1H3,(H,25,26). The molecule has 0 bridgehead atoms. The smallest absolute Gasteiger partial charge is 0.255 e. The van der Waals surface area contributed by atoms with Crippen LogP contribution in [0.4, 0.5) is 0 Å². The van der Waals surface area contributed by atoms with Crippen LogP contribution in [-0.2, 0) is 0 Å². The number of nitrogens with one attached hydrogen (secondary N) is 1. The van der Waals surface area contributed by atoms with E-state index in [0.717, 1.165) is 37.0 Å². The second kappa shape index (κ2) is 7.48. The van der Waals surface area contributed by atoms with Crippen LogP contribution in [0.1, 0.15) is 58.3 Å². The van der Waals surface area contributed by atoms with E-state index in [1.807, 2.05) is 12.1 Å². The molecular formula is C22H29ClN2O2. The molecule has 1 heterocycles. The number of hydrogen-bond acceptors (Lipinski definition) is 3. The Hall–Kier alpha value is -1.52. The average Bonchev–Trinajstić information content (AvgIpc) is 3.50. The van der Waals surface area contributed by atoms with E-state index in [-0.39, 0.29) is 17.1 Å². The van der Waals surface area contributed by atoms with Gasteiger partial charge >= 0.3 is 0 Å². The Morgan fingerprint density at radius 3 is 2.70 bits per heavy atom. The van der Waals surface area contributed by atoms with Crippen molar-refractivity contribution in [1.29, 1.82) is 0 Å². The van der Waals surface area contributed by atoms with Crippen molar-refractivity contribution >= 4 is 22.4 Å². The molecule has 2 aromatic rings. The summed E-state index contributed by atoms with van der Waals surface area (Å²) in [5.74, 6) is 1.41. The molecule has 0 saturated heterocycles. The first-order valence-corrected chi connectivity index (χ1v) is 10.6. The molecule has 146 valence electrons. The molecule has 5 heteroatoms. The van der Waals surface area contributed by atoms with E-state index in [9.17, 15) is 4.79 Å². The Balaban J connectivity index is 1.48. The number of nitrogens with two attached hydrogens (primary N) is 1. The first-order chi connectivity index (χ1) is 13.0. The van der Waals surface area contributed by atoms with Crippen molar-refractivity contribution in [3.05, 3.63) is 39.8 Å².